The third kappa shape index (κ3) is 4.28. The van der Waals surface area contributed by atoms with Crippen LogP contribution in [0.5, 0.6) is 0 Å². The van der Waals surface area contributed by atoms with Gasteiger partial charge in [-0.05, 0) is 41.4 Å². The summed E-state index contributed by atoms with van der Waals surface area (Å²) < 4.78 is 19.0. The van der Waals surface area contributed by atoms with Crippen molar-refractivity contribution in [1.82, 2.24) is 0 Å². The van der Waals surface area contributed by atoms with Gasteiger partial charge in [-0.25, -0.2) is 4.39 Å². The van der Waals surface area contributed by atoms with Crippen LogP contribution in [0.4, 0.5) is 4.39 Å². The topological polar surface area (TPSA) is 35.2 Å². The number of benzene rings is 1. The lowest BCUT2D eigenvalue weighted by Crippen LogP contribution is -2.37. The van der Waals surface area contributed by atoms with Crippen LogP contribution in [0.1, 0.15) is 19.4 Å². The van der Waals surface area contributed by atoms with Crippen LogP contribution in [0.3, 0.4) is 0 Å². The molecule has 0 saturated carbocycles. The van der Waals surface area contributed by atoms with Gasteiger partial charge in [0.15, 0.2) is 0 Å². The largest absolute Gasteiger partial charge is 0.375 e. The van der Waals surface area contributed by atoms with Crippen molar-refractivity contribution in [3.05, 3.63) is 34.1 Å². The molecular weight excluding hydrogens is 261 g/mol. The molecule has 1 aromatic rings. The zero-order valence-corrected chi connectivity index (χ0v) is 10.5. The normalized spacial score (nSPS) is 11.8. The molecule has 0 radical (unpaired) electrons. The van der Waals surface area contributed by atoms with Crippen molar-refractivity contribution in [2.24, 2.45) is 5.73 Å². The van der Waals surface area contributed by atoms with Gasteiger partial charge < -0.3 is 10.5 Å². The molecule has 2 N–H and O–H groups in total. The smallest absolute Gasteiger partial charge is 0.137 e. The highest BCUT2D eigenvalue weighted by molar-refractivity contribution is 9.10. The lowest BCUT2D eigenvalue weighted by molar-refractivity contribution is 0.0846. The van der Waals surface area contributed by atoms with E-state index in [-0.39, 0.29) is 11.4 Å². The maximum absolute atomic E-state index is 13.1. The second-order valence-corrected chi connectivity index (χ2v) is 4.99. The van der Waals surface area contributed by atoms with E-state index in [2.05, 4.69) is 15.9 Å². The zero-order valence-electron chi connectivity index (χ0n) is 8.89. The molecule has 4 heteroatoms. The molecule has 0 aliphatic heterocycles. The van der Waals surface area contributed by atoms with Gasteiger partial charge in [0.05, 0.1) is 17.7 Å². The van der Waals surface area contributed by atoms with E-state index >= 15 is 0 Å². The fourth-order valence-corrected chi connectivity index (χ4v) is 1.46. The predicted molar refractivity (Wildman–Crippen MR) is 62.0 cm³/mol. The Morgan fingerprint density at radius 3 is 2.73 bits per heavy atom. The van der Waals surface area contributed by atoms with E-state index in [4.69, 9.17) is 10.5 Å². The minimum Gasteiger partial charge on any atom is -0.375 e. The Morgan fingerprint density at radius 2 is 2.13 bits per heavy atom. The van der Waals surface area contributed by atoms with Crippen molar-refractivity contribution in [3.8, 4) is 0 Å². The maximum atomic E-state index is 13.1. The number of halogens is 2. The highest BCUT2D eigenvalue weighted by Gasteiger charge is 2.11. The summed E-state index contributed by atoms with van der Waals surface area (Å²) in [6.45, 7) is 4.57. The highest BCUT2D eigenvalue weighted by Crippen LogP contribution is 2.21. The van der Waals surface area contributed by atoms with Gasteiger partial charge in [0.2, 0.25) is 0 Å². The lowest BCUT2D eigenvalue weighted by Gasteiger charge is -2.18. The summed E-state index contributed by atoms with van der Waals surface area (Å²) in [4.78, 5) is 0. The Hall–Kier alpha value is -0.450. The molecule has 84 valence electrons. The summed E-state index contributed by atoms with van der Waals surface area (Å²) >= 11 is 3.17. The van der Waals surface area contributed by atoms with Crippen molar-refractivity contribution in [3.63, 3.8) is 0 Å². The molecule has 1 rings (SSSR count). The Labute approximate surface area is 97.7 Å². The number of ether oxygens (including phenoxy) is 1. The number of nitrogens with two attached hydrogens (primary N) is 1. The van der Waals surface area contributed by atoms with Crippen LogP contribution < -0.4 is 5.73 Å². The molecule has 0 aromatic heterocycles. The third-order valence-corrected chi connectivity index (χ3v) is 2.65. The Morgan fingerprint density at radius 1 is 1.47 bits per heavy atom. The standard InChI is InChI=1S/C11H15BrFNO/c1-11(2,14)7-15-6-8-4-3-5-9(13)10(8)12/h3-5H,6-7,14H2,1-2H3. The molecule has 0 atom stereocenters. The van der Waals surface area contributed by atoms with E-state index in [1.54, 1.807) is 6.07 Å². The predicted octanol–water partition coefficient (Wildman–Crippen LogP) is 2.84. The molecule has 0 heterocycles. The van der Waals surface area contributed by atoms with E-state index in [1.165, 1.54) is 6.07 Å². The molecule has 0 saturated heterocycles. The average molecular weight is 276 g/mol. The van der Waals surface area contributed by atoms with Gasteiger partial charge in [-0.2, -0.15) is 0 Å². The van der Waals surface area contributed by atoms with E-state index < -0.39 is 0 Å². The first-order valence-corrected chi connectivity index (χ1v) is 5.49. The molecule has 0 aliphatic rings. The second-order valence-electron chi connectivity index (χ2n) is 4.19. The van der Waals surface area contributed by atoms with Gasteiger partial charge in [-0.3, -0.25) is 0 Å². The van der Waals surface area contributed by atoms with Crippen LogP contribution in [-0.2, 0) is 11.3 Å². The maximum Gasteiger partial charge on any atom is 0.137 e. The monoisotopic (exact) mass is 275 g/mol. The average Bonchev–Trinajstić information content (AvgIpc) is 2.10. The summed E-state index contributed by atoms with van der Waals surface area (Å²) in [5, 5.41) is 0. The molecule has 0 aliphatic carbocycles. The Bertz CT molecular complexity index is 336. The van der Waals surface area contributed by atoms with E-state index in [9.17, 15) is 4.39 Å². The van der Waals surface area contributed by atoms with Crippen LogP contribution in [-0.4, -0.2) is 12.1 Å². The molecule has 0 bridgehead atoms. The molecule has 2 nitrogen and oxygen atoms in total. The van der Waals surface area contributed by atoms with Crippen molar-refractivity contribution in [2.75, 3.05) is 6.61 Å². The molecule has 1 aromatic carbocycles. The summed E-state index contributed by atoms with van der Waals surface area (Å²) in [5.41, 5.74) is 6.19. The highest BCUT2D eigenvalue weighted by atomic mass is 79.9. The zero-order chi connectivity index (χ0) is 11.5. The molecule has 0 spiro atoms. The third-order valence-electron chi connectivity index (χ3n) is 1.76. The summed E-state index contributed by atoms with van der Waals surface area (Å²) in [6, 6.07) is 4.88. The quantitative estimate of drug-likeness (QED) is 0.917. The molecule has 0 fully saturated rings. The number of hydrogen-bond acceptors (Lipinski definition) is 2. The van der Waals surface area contributed by atoms with Crippen LogP contribution in [0.15, 0.2) is 22.7 Å². The van der Waals surface area contributed by atoms with Gasteiger partial charge in [-0.15, -0.1) is 0 Å². The molecule has 0 amide bonds. The minimum absolute atomic E-state index is 0.275. The van der Waals surface area contributed by atoms with Crippen molar-refractivity contribution in [1.29, 1.82) is 0 Å². The van der Waals surface area contributed by atoms with Gasteiger partial charge in [0.1, 0.15) is 5.82 Å². The van der Waals surface area contributed by atoms with Gasteiger partial charge >= 0.3 is 0 Å². The first-order chi connectivity index (χ1) is 6.90. The van der Waals surface area contributed by atoms with Crippen molar-refractivity contribution < 1.29 is 9.13 Å². The summed E-state index contributed by atoms with van der Waals surface area (Å²) in [6.07, 6.45) is 0. The van der Waals surface area contributed by atoms with Crippen molar-refractivity contribution >= 4 is 15.9 Å². The van der Waals surface area contributed by atoms with Gasteiger partial charge in [0, 0.05) is 5.54 Å². The fourth-order valence-electron chi connectivity index (χ4n) is 1.08. The van der Waals surface area contributed by atoms with Crippen molar-refractivity contribution in [2.45, 2.75) is 26.0 Å². The Balaban J connectivity index is 2.55. The van der Waals surface area contributed by atoms with Gasteiger partial charge in [0.25, 0.3) is 0 Å². The first kappa shape index (κ1) is 12.6. The van der Waals surface area contributed by atoms with E-state index in [0.29, 0.717) is 17.7 Å². The van der Waals surface area contributed by atoms with Crippen LogP contribution in [0.25, 0.3) is 0 Å². The molecule has 0 unspecified atom stereocenters. The SMILES string of the molecule is CC(C)(N)COCc1cccc(F)c1Br. The van der Waals surface area contributed by atoms with E-state index in [0.717, 1.165) is 5.56 Å². The van der Waals surface area contributed by atoms with E-state index in [1.807, 2.05) is 19.9 Å². The molecule has 15 heavy (non-hydrogen) atoms. The lowest BCUT2D eigenvalue weighted by atomic mass is 10.1. The number of rotatable bonds is 4. The molecular formula is C11H15BrFNO. The van der Waals surface area contributed by atoms with Crippen LogP contribution >= 0.6 is 15.9 Å². The first-order valence-electron chi connectivity index (χ1n) is 4.70. The minimum atomic E-state index is -0.361. The number of hydrogen-bond donors (Lipinski definition) is 1. The van der Waals surface area contributed by atoms with Crippen LogP contribution in [0, 0.1) is 5.82 Å². The summed E-state index contributed by atoms with van der Waals surface area (Å²) in [7, 11) is 0. The summed E-state index contributed by atoms with van der Waals surface area (Å²) in [5.74, 6) is -0.275. The Kier molecular flexibility index (Phi) is 4.25. The second kappa shape index (κ2) is 5.05. The van der Waals surface area contributed by atoms with Crippen LogP contribution in [0.2, 0.25) is 0 Å². The fraction of sp³-hybridized carbons (Fsp3) is 0.455. The van der Waals surface area contributed by atoms with Gasteiger partial charge in [-0.1, -0.05) is 12.1 Å².